The Kier molecular flexibility index (Phi) is 5.01. The van der Waals surface area contributed by atoms with Crippen LogP contribution in [0.1, 0.15) is 11.3 Å². The largest absolute Gasteiger partial charge is 0.351 e. The highest BCUT2D eigenvalue weighted by Gasteiger charge is 2.01. The second-order valence-electron chi connectivity index (χ2n) is 4.06. The van der Waals surface area contributed by atoms with Crippen LogP contribution < -0.4 is 10.6 Å². The molecule has 0 fully saturated rings. The standard InChI is InChI=1S/C14H16N4O/c19-14(18-9-12-4-7-15-8-5-12)11-16-10-13-3-1-2-6-17-13/h1-8,16H,9-11H2,(H,18,19). The Balaban J connectivity index is 1.65. The van der Waals surface area contributed by atoms with Gasteiger partial charge < -0.3 is 10.6 Å². The van der Waals surface area contributed by atoms with E-state index in [9.17, 15) is 4.79 Å². The van der Waals surface area contributed by atoms with Crippen LogP contribution in [0.5, 0.6) is 0 Å². The molecule has 0 aromatic carbocycles. The maximum atomic E-state index is 11.6. The highest BCUT2D eigenvalue weighted by Crippen LogP contribution is 1.94. The van der Waals surface area contributed by atoms with Crippen LogP contribution >= 0.6 is 0 Å². The third-order valence-electron chi connectivity index (χ3n) is 2.56. The van der Waals surface area contributed by atoms with Gasteiger partial charge in [-0.15, -0.1) is 0 Å². The summed E-state index contributed by atoms with van der Waals surface area (Å²) in [6.07, 6.45) is 5.15. The first-order valence-corrected chi connectivity index (χ1v) is 6.11. The number of aromatic nitrogens is 2. The molecule has 1 amide bonds. The number of nitrogens with zero attached hydrogens (tertiary/aromatic N) is 2. The average Bonchev–Trinajstić information content (AvgIpc) is 2.47. The number of pyridine rings is 2. The molecule has 5 nitrogen and oxygen atoms in total. The van der Waals surface area contributed by atoms with Crippen molar-refractivity contribution in [3.8, 4) is 0 Å². The molecule has 5 heteroatoms. The van der Waals surface area contributed by atoms with E-state index in [-0.39, 0.29) is 12.5 Å². The lowest BCUT2D eigenvalue weighted by molar-refractivity contribution is -0.120. The average molecular weight is 256 g/mol. The summed E-state index contributed by atoms with van der Waals surface area (Å²) >= 11 is 0. The molecule has 2 N–H and O–H groups in total. The molecule has 0 aliphatic carbocycles. The van der Waals surface area contributed by atoms with Crippen molar-refractivity contribution < 1.29 is 4.79 Å². The van der Waals surface area contributed by atoms with Crippen molar-refractivity contribution >= 4 is 5.91 Å². The lowest BCUT2D eigenvalue weighted by Gasteiger charge is -2.06. The Morgan fingerprint density at radius 1 is 1.05 bits per heavy atom. The van der Waals surface area contributed by atoms with Crippen molar-refractivity contribution in [3.05, 3.63) is 60.2 Å². The van der Waals surface area contributed by atoms with E-state index in [1.165, 1.54) is 0 Å². The monoisotopic (exact) mass is 256 g/mol. The predicted molar refractivity (Wildman–Crippen MR) is 72.0 cm³/mol. The molecular formula is C14H16N4O. The van der Waals surface area contributed by atoms with Crippen LogP contribution in [-0.4, -0.2) is 22.4 Å². The topological polar surface area (TPSA) is 66.9 Å². The van der Waals surface area contributed by atoms with Gasteiger partial charge in [-0.3, -0.25) is 14.8 Å². The minimum absolute atomic E-state index is 0.0345. The molecule has 2 heterocycles. The quantitative estimate of drug-likeness (QED) is 0.805. The van der Waals surface area contributed by atoms with Crippen LogP contribution in [0.15, 0.2) is 48.9 Å². The molecule has 0 atom stereocenters. The van der Waals surface area contributed by atoms with Gasteiger partial charge in [0.25, 0.3) is 0 Å². The first-order valence-electron chi connectivity index (χ1n) is 6.11. The van der Waals surface area contributed by atoms with Crippen LogP contribution in [0.3, 0.4) is 0 Å². The van der Waals surface area contributed by atoms with E-state index >= 15 is 0 Å². The third kappa shape index (κ3) is 4.85. The maximum absolute atomic E-state index is 11.6. The fourth-order valence-corrected chi connectivity index (χ4v) is 1.57. The molecule has 0 aliphatic rings. The number of hydrogen-bond acceptors (Lipinski definition) is 4. The molecule has 0 saturated carbocycles. The van der Waals surface area contributed by atoms with Crippen LogP contribution in [0.25, 0.3) is 0 Å². The van der Waals surface area contributed by atoms with Crippen LogP contribution in [-0.2, 0) is 17.9 Å². The van der Waals surface area contributed by atoms with Gasteiger partial charge in [-0.25, -0.2) is 0 Å². The second-order valence-corrected chi connectivity index (χ2v) is 4.06. The lowest BCUT2D eigenvalue weighted by atomic mass is 10.3. The van der Waals surface area contributed by atoms with Gasteiger partial charge in [0.2, 0.25) is 5.91 Å². The number of carbonyl (C=O) groups excluding carboxylic acids is 1. The number of hydrogen-bond donors (Lipinski definition) is 2. The number of nitrogens with one attached hydrogen (secondary N) is 2. The van der Waals surface area contributed by atoms with Gasteiger partial charge in [-0.05, 0) is 29.8 Å². The zero-order valence-corrected chi connectivity index (χ0v) is 10.5. The summed E-state index contributed by atoms with van der Waals surface area (Å²) in [6.45, 7) is 1.39. The van der Waals surface area contributed by atoms with Crippen molar-refractivity contribution in [1.29, 1.82) is 0 Å². The molecule has 0 radical (unpaired) electrons. The van der Waals surface area contributed by atoms with Gasteiger partial charge >= 0.3 is 0 Å². The van der Waals surface area contributed by atoms with Crippen LogP contribution in [0.4, 0.5) is 0 Å². The summed E-state index contributed by atoms with van der Waals surface area (Å²) in [5.41, 5.74) is 1.96. The first kappa shape index (κ1) is 13.2. The minimum Gasteiger partial charge on any atom is -0.351 e. The molecule has 98 valence electrons. The fourth-order valence-electron chi connectivity index (χ4n) is 1.57. The van der Waals surface area contributed by atoms with E-state index < -0.39 is 0 Å². The number of carbonyl (C=O) groups is 1. The molecule has 19 heavy (non-hydrogen) atoms. The summed E-state index contributed by atoms with van der Waals surface area (Å²) in [5.74, 6) is -0.0345. The highest BCUT2D eigenvalue weighted by molar-refractivity contribution is 5.77. The molecule has 0 saturated heterocycles. The molecule has 0 bridgehead atoms. The van der Waals surface area contributed by atoms with Crippen molar-refractivity contribution in [2.75, 3.05) is 6.54 Å². The van der Waals surface area contributed by atoms with E-state index in [0.29, 0.717) is 13.1 Å². The Morgan fingerprint density at radius 2 is 1.89 bits per heavy atom. The van der Waals surface area contributed by atoms with Crippen molar-refractivity contribution in [1.82, 2.24) is 20.6 Å². The number of amides is 1. The summed E-state index contributed by atoms with van der Waals surface area (Å²) in [5, 5.41) is 5.89. The number of rotatable bonds is 6. The van der Waals surface area contributed by atoms with Crippen LogP contribution in [0.2, 0.25) is 0 Å². The Morgan fingerprint density at radius 3 is 2.63 bits per heavy atom. The summed E-state index contributed by atoms with van der Waals surface area (Å²) in [4.78, 5) is 19.7. The Bertz CT molecular complexity index is 501. The Hall–Kier alpha value is -2.27. The zero-order valence-electron chi connectivity index (χ0n) is 10.5. The van der Waals surface area contributed by atoms with E-state index in [2.05, 4.69) is 20.6 Å². The summed E-state index contributed by atoms with van der Waals surface area (Å²) in [6, 6.07) is 9.46. The van der Waals surface area contributed by atoms with E-state index in [1.807, 2.05) is 30.3 Å². The van der Waals surface area contributed by atoms with Gasteiger partial charge in [-0.2, -0.15) is 0 Å². The van der Waals surface area contributed by atoms with E-state index in [1.54, 1.807) is 18.6 Å². The van der Waals surface area contributed by atoms with Gasteiger partial charge in [0.1, 0.15) is 0 Å². The molecule has 2 rings (SSSR count). The van der Waals surface area contributed by atoms with Crippen LogP contribution in [0, 0.1) is 0 Å². The van der Waals surface area contributed by atoms with Gasteiger partial charge in [0, 0.05) is 31.7 Å². The fraction of sp³-hybridized carbons (Fsp3) is 0.214. The van der Waals surface area contributed by atoms with Gasteiger partial charge in [0.15, 0.2) is 0 Å². The SMILES string of the molecule is O=C(CNCc1ccccn1)NCc1ccncc1. The van der Waals surface area contributed by atoms with E-state index in [4.69, 9.17) is 0 Å². The van der Waals surface area contributed by atoms with Crippen molar-refractivity contribution in [3.63, 3.8) is 0 Å². The maximum Gasteiger partial charge on any atom is 0.234 e. The molecule has 0 aliphatic heterocycles. The zero-order chi connectivity index (χ0) is 13.3. The van der Waals surface area contributed by atoms with Gasteiger partial charge in [0.05, 0.1) is 12.2 Å². The van der Waals surface area contributed by atoms with E-state index in [0.717, 1.165) is 11.3 Å². The van der Waals surface area contributed by atoms with Crippen molar-refractivity contribution in [2.24, 2.45) is 0 Å². The molecule has 0 spiro atoms. The second kappa shape index (κ2) is 7.23. The molecule has 2 aromatic heterocycles. The first-order chi connectivity index (χ1) is 9.34. The van der Waals surface area contributed by atoms with Crippen molar-refractivity contribution in [2.45, 2.75) is 13.1 Å². The highest BCUT2D eigenvalue weighted by atomic mass is 16.1. The smallest absolute Gasteiger partial charge is 0.234 e. The molecular weight excluding hydrogens is 240 g/mol. The minimum atomic E-state index is -0.0345. The Labute approximate surface area is 112 Å². The molecule has 0 unspecified atom stereocenters. The third-order valence-corrected chi connectivity index (χ3v) is 2.56. The normalized spacial score (nSPS) is 10.1. The predicted octanol–water partition coefficient (Wildman–Crippen LogP) is 0.883. The lowest BCUT2D eigenvalue weighted by Crippen LogP contribution is -2.33. The summed E-state index contributed by atoms with van der Waals surface area (Å²) < 4.78 is 0. The summed E-state index contributed by atoms with van der Waals surface area (Å²) in [7, 11) is 0. The van der Waals surface area contributed by atoms with Gasteiger partial charge in [-0.1, -0.05) is 6.07 Å². The molecule has 2 aromatic rings.